The number of allylic oxidation sites excluding steroid dienone is 1. The highest BCUT2D eigenvalue weighted by Crippen LogP contribution is 2.09. The van der Waals surface area contributed by atoms with E-state index in [4.69, 9.17) is 0 Å². The molecule has 0 aromatic carbocycles. The normalized spacial score (nSPS) is 9.27. The van der Waals surface area contributed by atoms with Gasteiger partial charge >= 0.3 is 0 Å². The van der Waals surface area contributed by atoms with Crippen molar-refractivity contribution < 1.29 is 0 Å². The van der Waals surface area contributed by atoms with Gasteiger partial charge in [-0.3, -0.25) is 0 Å². The highest BCUT2D eigenvalue weighted by Gasteiger charge is 1.90. The maximum absolute atomic E-state index is 3.36. The molecule has 0 amide bonds. The van der Waals surface area contributed by atoms with E-state index in [-0.39, 0.29) is 0 Å². The molecule has 0 fully saturated rings. The lowest BCUT2D eigenvalue weighted by molar-refractivity contribution is 0.562. The molecule has 0 bridgehead atoms. The van der Waals surface area contributed by atoms with Crippen LogP contribution in [0.5, 0.6) is 0 Å². The number of hydrogen-bond acceptors (Lipinski definition) is 0. The van der Waals surface area contributed by atoms with Crippen LogP contribution in [-0.2, 0) is 0 Å². The molecule has 15 heavy (non-hydrogen) atoms. The Morgan fingerprint density at radius 2 is 0.867 bits per heavy atom. The van der Waals surface area contributed by atoms with Crippen LogP contribution in [0.4, 0.5) is 0 Å². The maximum Gasteiger partial charge on any atom is -0.0473 e. The van der Waals surface area contributed by atoms with Crippen molar-refractivity contribution in [3.8, 4) is 0 Å². The minimum atomic E-state index is 1.37. The van der Waals surface area contributed by atoms with E-state index < -0.39 is 0 Å². The molecule has 0 aliphatic carbocycles. The summed E-state index contributed by atoms with van der Waals surface area (Å²) >= 11 is 0. The van der Waals surface area contributed by atoms with Crippen LogP contribution < -0.4 is 0 Å². The second-order valence-electron chi connectivity index (χ2n) is 4.24. The van der Waals surface area contributed by atoms with Crippen molar-refractivity contribution in [2.75, 3.05) is 0 Å². The molecule has 0 saturated carbocycles. The molecule has 0 N–H and O–H groups in total. The van der Waals surface area contributed by atoms with E-state index in [1.165, 1.54) is 64.2 Å². The highest BCUT2D eigenvalue weighted by molar-refractivity contribution is 4.51. The van der Waals surface area contributed by atoms with E-state index >= 15 is 0 Å². The van der Waals surface area contributed by atoms with E-state index in [1.807, 2.05) is 6.92 Å². The molecule has 0 aliphatic heterocycles. The van der Waals surface area contributed by atoms with Gasteiger partial charge in [0, 0.05) is 0 Å². The molecule has 0 radical (unpaired) electrons. The molecular formula is C15H32. The average molecular weight is 212 g/mol. The second-order valence-corrected chi connectivity index (χ2v) is 4.24. The van der Waals surface area contributed by atoms with Crippen molar-refractivity contribution >= 4 is 0 Å². The third kappa shape index (κ3) is 24.8. The summed E-state index contributed by atoms with van der Waals surface area (Å²) < 4.78 is 0. The van der Waals surface area contributed by atoms with Crippen LogP contribution >= 0.6 is 0 Å². The van der Waals surface area contributed by atoms with Crippen LogP contribution in [0.2, 0.25) is 0 Å². The van der Waals surface area contributed by atoms with Gasteiger partial charge in [-0.05, 0) is 6.92 Å². The molecule has 92 valence electrons. The van der Waals surface area contributed by atoms with Crippen molar-refractivity contribution in [3.05, 3.63) is 12.7 Å². The Bertz CT molecular complexity index is 84.2. The molecule has 0 rings (SSSR count). The van der Waals surface area contributed by atoms with E-state index in [9.17, 15) is 0 Å². The van der Waals surface area contributed by atoms with Crippen LogP contribution in [0.15, 0.2) is 12.7 Å². The number of rotatable bonds is 9. The first-order chi connectivity index (χ1) is 7.33. The second kappa shape index (κ2) is 19.3. The average Bonchev–Trinajstić information content (AvgIpc) is 2.23. The zero-order chi connectivity index (χ0) is 11.8. The minimum Gasteiger partial charge on any atom is -0.103 e. The fraction of sp³-hybridized carbons (Fsp3) is 0.867. The third-order valence-electron chi connectivity index (χ3n) is 2.46. The Hall–Kier alpha value is -0.260. The lowest BCUT2D eigenvalue weighted by Crippen LogP contribution is -1.80. The number of unbranched alkanes of at least 4 members (excludes halogenated alkanes) is 9. The summed E-state index contributed by atoms with van der Waals surface area (Å²) in [6.07, 6.45) is 16.2. The van der Waals surface area contributed by atoms with E-state index in [2.05, 4.69) is 20.4 Å². The quantitative estimate of drug-likeness (QED) is 0.319. The molecular weight excluding hydrogens is 180 g/mol. The van der Waals surface area contributed by atoms with E-state index in [0.717, 1.165) is 0 Å². The molecule has 0 heteroatoms. The van der Waals surface area contributed by atoms with Gasteiger partial charge in [0.15, 0.2) is 0 Å². The van der Waals surface area contributed by atoms with Gasteiger partial charge in [0.05, 0.1) is 0 Å². The summed E-state index contributed by atoms with van der Waals surface area (Å²) in [6.45, 7) is 9.81. The lowest BCUT2D eigenvalue weighted by atomic mass is 10.1. The Morgan fingerprint density at radius 1 is 0.667 bits per heavy atom. The van der Waals surface area contributed by atoms with Gasteiger partial charge in [-0.25, -0.2) is 0 Å². The molecule has 0 saturated heterocycles. The van der Waals surface area contributed by atoms with Gasteiger partial charge in [-0.1, -0.05) is 84.1 Å². The zero-order valence-electron chi connectivity index (χ0n) is 11.4. The first-order valence-electron chi connectivity index (χ1n) is 6.90. The Balaban J connectivity index is 0. The smallest absolute Gasteiger partial charge is 0.0473 e. The first kappa shape index (κ1) is 17.1. The Morgan fingerprint density at radius 3 is 1.07 bits per heavy atom. The molecule has 0 heterocycles. The topological polar surface area (TPSA) is 0 Å². The SMILES string of the molecule is C=CC.CCCCCCCCCCCC. The molecule has 0 atom stereocenters. The summed E-state index contributed by atoms with van der Waals surface area (Å²) in [5.41, 5.74) is 0. The summed E-state index contributed by atoms with van der Waals surface area (Å²) in [4.78, 5) is 0. The monoisotopic (exact) mass is 212 g/mol. The van der Waals surface area contributed by atoms with Gasteiger partial charge in [0.1, 0.15) is 0 Å². The number of hydrogen-bond donors (Lipinski definition) is 0. The van der Waals surface area contributed by atoms with E-state index in [0.29, 0.717) is 0 Å². The zero-order valence-corrected chi connectivity index (χ0v) is 11.4. The fourth-order valence-electron chi connectivity index (χ4n) is 1.56. The lowest BCUT2D eigenvalue weighted by Gasteiger charge is -1.99. The molecule has 0 unspecified atom stereocenters. The van der Waals surface area contributed by atoms with Gasteiger partial charge in [0.25, 0.3) is 0 Å². The minimum absolute atomic E-state index is 1.37. The molecule has 0 spiro atoms. The van der Waals surface area contributed by atoms with Crippen molar-refractivity contribution in [2.24, 2.45) is 0 Å². The summed E-state index contributed by atoms with van der Waals surface area (Å²) in [6, 6.07) is 0. The molecule has 0 aromatic rings. The van der Waals surface area contributed by atoms with Crippen LogP contribution in [0.3, 0.4) is 0 Å². The molecule has 0 nitrogen and oxygen atoms in total. The van der Waals surface area contributed by atoms with E-state index in [1.54, 1.807) is 6.08 Å². The fourth-order valence-corrected chi connectivity index (χ4v) is 1.56. The highest BCUT2D eigenvalue weighted by atomic mass is 14.0. The van der Waals surface area contributed by atoms with Crippen LogP contribution in [0.1, 0.15) is 85.0 Å². The largest absolute Gasteiger partial charge is 0.103 e. The summed E-state index contributed by atoms with van der Waals surface area (Å²) in [5.74, 6) is 0. The first-order valence-corrected chi connectivity index (χ1v) is 6.90. The standard InChI is InChI=1S/C12H26.C3H6/c1-3-5-7-9-11-12-10-8-6-4-2;1-3-2/h3-12H2,1-2H3;3H,1H2,2H3. The Labute approximate surface area is 98.2 Å². The molecule has 0 aliphatic rings. The summed E-state index contributed by atoms with van der Waals surface area (Å²) in [5, 5.41) is 0. The van der Waals surface area contributed by atoms with Gasteiger partial charge in [0.2, 0.25) is 0 Å². The van der Waals surface area contributed by atoms with Crippen LogP contribution in [0.25, 0.3) is 0 Å². The predicted octanol–water partition coefficient (Wildman–Crippen LogP) is 6.12. The van der Waals surface area contributed by atoms with Crippen molar-refractivity contribution in [3.63, 3.8) is 0 Å². The van der Waals surface area contributed by atoms with Crippen LogP contribution in [-0.4, -0.2) is 0 Å². The van der Waals surface area contributed by atoms with Crippen molar-refractivity contribution in [1.29, 1.82) is 0 Å². The summed E-state index contributed by atoms with van der Waals surface area (Å²) in [7, 11) is 0. The molecule has 0 aromatic heterocycles. The van der Waals surface area contributed by atoms with Crippen LogP contribution in [0, 0.1) is 0 Å². The van der Waals surface area contributed by atoms with Crippen molar-refractivity contribution in [2.45, 2.75) is 85.0 Å². The predicted molar refractivity (Wildman–Crippen MR) is 73.4 cm³/mol. The van der Waals surface area contributed by atoms with Crippen molar-refractivity contribution in [1.82, 2.24) is 0 Å². The van der Waals surface area contributed by atoms with Gasteiger partial charge in [-0.15, -0.1) is 6.58 Å². The maximum atomic E-state index is 3.36. The van der Waals surface area contributed by atoms with Gasteiger partial charge in [-0.2, -0.15) is 0 Å². The van der Waals surface area contributed by atoms with Gasteiger partial charge < -0.3 is 0 Å². The Kier molecular flexibility index (Phi) is 22.1. The third-order valence-corrected chi connectivity index (χ3v) is 2.46.